The molecular weight excluding hydrogens is 622 g/mol. The van der Waals surface area contributed by atoms with Crippen molar-refractivity contribution in [3.63, 3.8) is 0 Å². The van der Waals surface area contributed by atoms with Crippen molar-refractivity contribution in [3.05, 3.63) is 82.9 Å². The number of aliphatic hydroxyl groups excluding tert-OH is 1. The molecule has 0 bridgehead atoms. The third-order valence-corrected chi connectivity index (χ3v) is 6.80. The molecule has 3 aromatic rings. The van der Waals surface area contributed by atoms with Gasteiger partial charge in [-0.1, -0.05) is 42.8 Å². The molecule has 2 amide bonds. The molecule has 3 rings (SSSR count). The molecule has 0 saturated carbocycles. The largest absolute Gasteiger partial charge is 0.508 e. The summed E-state index contributed by atoms with van der Waals surface area (Å²) in [7, 11) is 2.83. The van der Waals surface area contributed by atoms with E-state index < -0.39 is 11.7 Å². The normalized spacial score (nSPS) is 11.8. The highest BCUT2D eigenvalue weighted by atomic mass is 16.5. The van der Waals surface area contributed by atoms with Crippen molar-refractivity contribution in [1.82, 2.24) is 25.6 Å². The maximum atomic E-state index is 13.4. The van der Waals surface area contributed by atoms with E-state index in [1.165, 1.54) is 49.3 Å². The molecular formula is C34H41N5O9. The van der Waals surface area contributed by atoms with E-state index in [4.69, 9.17) is 14.2 Å². The first-order valence-corrected chi connectivity index (χ1v) is 15.2. The molecule has 14 heteroatoms. The van der Waals surface area contributed by atoms with Crippen molar-refractivity contribution in [3.8, 4) is 23.0 Å². The molecule has 0 aliphatic rings. The lowest BCUT2D eigenvalue weighted by molar-refractivity contribution is -0.131. The summed E-state index contributed by atoms with van der Waals surface area (Å²) in [4.78, 5) is 37.1. The highest BCUT2D eigenvalue weighted by Gasteiger charge is 2.16. The number of phenols is 2. The summed E-state index contributed by atoms with van der Waals surface area (Å²) in [6, 6.07) is 9.23. The summed E-state index contributed by atoms with van der Waals surface area (Å²) in [6.07, 6.45) is 9.06. The fraction of sp³-hybridized carbons (Fsp3) is 0.324. The van der Waals surface area contributed by atoms with Gasteiger partial charge in [0.2, 0.25) is 11.8 Å². The number of methoxy groups -OCH3 is 2. The van der Waals surface area contributed by atoms with Gasteiger partial charge < -0.3 is 40.2 Å². The van der Waals surface area contributed by atoms with Crippen molar-refractivity contribution in [2.75, 3.05) is 40.5 Å². The predicted octanol–water partition coefficient (Wildman–Crippen LogP) is 3.11. The number of benzene rings is 2. The van der Waals surface area contributed by atoms with Crippen LogP contribution in [0.1, 0.15) is 36.6 Å². The van der Waals surface area contributed by atoms with Gasteiger partial charge in [0.15, 0.2) is 28.8 Å². The van der Waals surface area contributed by atoms with Crippen molar-refractivity contribution in [2.24, 2.45) is 0 Å². The quantitative estimate of drug-likeness (QED) is 0.0547. The predicted molar refractivity (Wildman–Crippen MR) is 178 cm³/mol. The number of nitrogens with zero attached hydrogens (tertiary/aromatic N) is 3. The van der Waals surface area contributed by atoms with Gasteiger partial charge in [0.05, 0.1) is 26.5 Å². The molecule has 256 valence electrons. The van der Waals surface area contributed by atoms with Crippen molar-refractivity contribution >= 4 is 29.7 Å². The Labute approximate surface area is 278 Å². The number of aromatic hydroxyl groups is 2. The maximum Gasteiger partial charge on any atom is 0.246 e. The number of unbranched alkanes of at least 4 members (excludes halogenated alkanes) is 1. The Hall–Kier alpha value is -5.63. The highest BCUT2D eigenvalue weighted by molar-refractivity contribution is 6.07. The van der Waals surface area contributed by atoms with Crippen LogP contribution >= 0.6 is 0 Å². The number of hydrogen-bond acceptors (Lipinski definition) is 11. The highest BCUT2D eigenvalue weighted by Crippen LogP contribution is 2.28. The van der Waals surface area contributed by atoms with Gasteiger partial charge in [-0.25, -0.2) is 0 Å². The van der Waals surface area contributed by atoms with Crippen LogP contribution in [-0.4, -0.2) is 88.4 Å². The summed E-state index contributed by atoms with van der Waals surface area (Å²) >= 11 is 0. The van der Waals surface area contributed by atoms with Crippen molar-refractivity contribution < 1.29 is 43.9 Å². The van der Waals surface area contributed by atoms with Gasteiger partial charge in [0.25, 0.3) is 0 Å². The average Bonchev–Trinajstić information content (AvgIpc) is 3.53. The molecule has 1 aromatic heterocycles. The third-order valence-electron chi connectivity index (χ3n) is 6.80. The monoisotopic (exact) mass is 663 g/mol. The Bertz CT molecular complexity index is 1650. The first-order chi connectivity index (χ1) is 23.1. The minimum atomic E-state index is -0.506. The molecule has 0 spiro atoms. The maximum absolute atomic E-state index is 13.4. The minimum Gasteiger partial charge on any atom is -0.508 e. The number of amides is 2. The topological polar surface area (TPSA) is 194 Å². The summed E-state index contributed by atoms with van der Waals surface area (Å²) in [6.45, 7) is 2.58. The van der Waals surface area contributed by atoms with E-state index >= 15 is 0 Å². The molecule has 2 aromatic carbocycles. The molecule has 5 N–H and O–H groups in total. The molecule has 1 heterocycles. The van der Waals surface area contributed by atoms with E-state index in [0.717, 1.165) is 12.8 Å². The van der Waals surface area contributed by atoms with Crippen molar-refractivity contribution in [1.29, 1.82) is 0 Å². The van der Waals surface area contributed by atoms with Crippen LogP contribution in [0.3, 0.4) is 0 Å². The lowest BCUT2D eigenvalue weighted by atomic mass is 10.0. The fourth-order valence-electron chi connectivity index (χ4n) is 4.21. The van der Waals surface area contributed by atoms with E-state index in [0.29, 0.717) is 23.4 Å². The van der Waals surface area contributed by atoms with Crippen LogP contribution in [0.25, 0.3) is 12.2 Å². The number of carbonyl (C=O) groups is 3. The first kappa shape index (κ1) is 36.8. The van der Waals surface area contributed by atoms with E-state index in [9.17, 15) is 29.7 Å². The SMILES string of the molecule is CCCCNC(=O)COCC(=O)NCCn1cc(C/C(C(=O)/C=C/c2ccc(O)c(OC)c2)=C(O)\C=C\c2ccc(O)c(OC)c2)nn1. The summed E-state index contributed by atoms with van der Waals surface area (Å²) in [5.74, 6) is -1.11. The lowest BCUT2D eigenvalue weighted by Gasteiger charge is -2.07. The molecule has 48 heavy (non-hydrogen) atoms. The zero-order chi connectivity index (χ0) is 34.9. The minimum absolute atomic E-state index is 0.0234. The van der Waals surface area contributed by atoms with E-state index in [2.05, 4.69) is 20.9 Å². The Morgan fingerprint density at radius 3 is 2.04 bits per heavy atom. The summed E-state index contributed by atoms with van der Waals surface area (Å²) in [5.41, 5.74) is 1.59. The molecule has 0 fully saturated rings. The number of phenolic OH excluding ortho intramolecular Hbond substituents is 2. The van der Waals surface area contributed by atoms with Gasteiger partial charge in [-0.2, -0.15) is 0 Å². The second-order valence-electron chi connectivity index (χ2n) is 10.5. The van der Waals surface area contributed by atoms with Crippen LogP contribution in [-0.2, 0) is 32.1 Å². The number of rotatable bonds is 19. The lowest BCUT2D eigenvalue weighted by Crippen LogP contribution is -2.33. The molecule has 0 aliphatic heterocycles. The number of nitrogens with one attached hydrogen (secondary N) is 2. The zero-order valence-corrected chi connectivity index (χ0v) is 27.1. The Morgan fingerprint density at radius 1 is 0.875 bits per heavy atom. The smallest absolute Gasteiger partial charge is 0.246 e. The number of ether oxygens (including phenoxy) is 3. The molecule has 14 nitrogen and oxygen atoms in total. The number of hydrogen-bond donors (Lipinski definition) is 5. The van der Waals surface area contributed by atoms with E-state index in [1.807, 2.05) is 6.92 Å². The molecule has 0 atom stereocenters. The number of carbonyl (C=O) groups excluding carboxylic acids is 3. The average molecular weight is 664 g/mol. The van der Waals surface area contributed by atoms with Crippen LogP contribution in [0.5, 0.6) is 23.0 Å². The van der Waals surface area contributed by atoms with Crippen LogP contribution < -0.4 is 20.1 Å². The Balaban J connectivity index is 1.68. The Morgan fingerprint density at radius 2 is 1.46 bits per heavy atom. The van der Waals surface area contributed by atoms with Crippen LogP contribution in [0.15, 0.2) is 66.1 Å². The van der Waals surface area contributed by atoms with Gasteiger partial charge in [-0.05, 0) is 54.0 Å². The van der Waals surface area contributed by atoms with Crippen LogP contribution in [0, 0.1) is 0 Å². The van der Waals surface area contributed by atoms with Crippen LogP contribution in [0.4, 0.5) is 0 Å². The molecule has 0 radical (unpaired) electrons. The summed E-state index contributed by atoms with van der Waals surface area (Å²) in [5, 5.41) is 44.3. The molecule has 0 aliphatic carbocycles. The second kappa shape index (κ2) is 19.1. The number of aliphatic hydroxyl groups is 1. The number of aromatic nitrogens is 3. The number of allylic oxidation sites excluding steroid dienone is 3. The van der Waals surface area contributed by atoms with E-state index in [1.54, 1.807) is 36.5 Å². The standard InChI is InChI=1S/C34H41N5O9/c1-4-5-14-35-33(44)21-48-22-34(45)36-15-16-39-20-25(37-38-39)19-26(27(40)10-6-23-8-12-29(42)31(17-23)46-2)28(41)11-7-24-9-13-30(43)32(18-24)47-3/h6-13,17-18,20,40,42-43H,4-5,14-16,19,21-22H2,1-3H3,(H,35,44)(H,36,45)/b10-6+,11-7+,27-26-. The van der Waals surface area contributed by atoms with E-state index in [-0.39, 0.29) is 73.0 Å². The van der Waals surface area contributed by atoms with Gasteiger partial charge in [-0.15, -0.1) is 5.10 Å². The van der Waals surface area contributed by atoms with Gasteiger partial charge >= 0.3 is 0 Å². The zero-order valence-electron chi connectivity index (χ0n) is 27.1. The van der Waals surface area contributed by atoms with Crippen molar-refractivity contribution in [2.45, 2.75) is 32.7 Å². The first-order valence-electron chi connectivity index (χ1n) is 15.2. The van der Waals surface area contributed by atoms with Gasteiger partial charge in [-0.3, -0.25) is 19.1 Å². The summed E-state index contributed by atoms with van der Waals surface area (Å²) < 4.78 is 16.9. The molecule has 0 unspecified atom stereocenters. The van der Waals surface area contributed by atoms with Crippen LogP contribution in [0.2, 0.25) is 0 Å². The molecule has 0 saturated heterocycles. The Kier molecular flexibility index (Phi) is 14.7. The second-order valence-corrected chi connectivity index (χ2v) is 10.5. The van der Waals surface area contributed by atoms with Gasteiger partial charge in [0, 0.05) is 31.3 Å². The fourth-order valence-corrected chi connectivity index (χ4v) is 4.21. The number of ketones is 1. The third kappa shape index (κ3) is 11.9. The van der Waals surface area contributed by atoms with Gasteiger partial charge in [0.1, 0.15) is 19.0 Å².